The number of thiophene rings is 3. The van der Waals surface area contributed by atoms with Gasteiger partial charge in [-0.15, -0.1) is 107 Å². The van der Waals surface area contributed by atoms with Gasteiger partial charge in [0.25, 0.3) is 11.4 Å². The summed E-state index contributed by atoms with van der Waals surface area (Å²) < 4.78 is 21.5. The van der Waals surface area contributed by atoms with Crippen molar-refractivity contribution in [3.05, 3.63) is 244 Å². The molecule has 4 amide bonds. The third kappa shape index (κ3) is 32.8. The van der Waals surface area contributed by atoms with E-state index in [0.717, 1.165) is 128 Å². The molecule has 4 fully saturated rings. The molecule has 31 nitrogen and oxygen atoms in total. The van der Waals surface area contributed by atoms with Gasteiger partial charge in [0.15, 0.2) is 0 Å². The first-order chi connectivity index (χ1) is 64.7. The average Bonchev–Trinajstić information content (AvgIpc) is 1.66. The maximum Gasteiger partial charge on any atom is 0.410 e. The number of nitrogens with one attached hydrogen (secondary N) is 7. The number of nitro groups is 2. The number of rotatable bonds is 11. The van der Waals surface area contributed by atoms with E-state index in [2.05, 4.69) is 83.1 Å². The van der Waals surface area contributed by atoms with Crippen LogP contribution in [0.25, 0.3) is 60.1 Å². The SMILES string of the molecule is CC(C)(C)OC(=O)N1CC=C(c2c[nH]c3ccc([N+](=O)[O-])cc23)CC1.CC(C)(C)OC(=O)N1CCC(=O)CC1.CC(C)(C)OC(=O)N1CCC(c2c[nH]c3ccc(N)cc23)CC1.CC(C)(C)OC(=O)N1CCC(c2c[nH]c3ccc(N=C(N)c4cccs4)cc23)CC1.CSC(=N)c1cccs1.Cl.Cl.Cl.I.NC(=Nc1ccc2[nH]cc(C3CCNCC3)c2c1)c1cccs1.O=[N+]([O-])c1ccc2[nH]ccc2c1. The van der Waals surface area contributed by atoms with Crippen molar-refractivity contribution >= 4 is 242 Å². The Morgan fingerprint density at radius 1 is 0.464 bits per heavy atom. The number of carbonyl (C=O) groups is 5. The molecule has 0 saturated carbocycles. The molecule has 5 aromatic carbocycles. The lowest BCUT2D eigenvalue weighted by Crippen LogP contribution is -2.41. The normalized spacial score (nSPS) is 15.0. The highest BCUT2D eigenvalue weighted by Gasteiger charge is 2.33. The number of fused-ring (bicyclic) bond motifs is 5. The van der Waals surface area contributed by atoms with Gasteiger partial charge in [0.05, 0.1) is 35.9 Å². The predicted octanol–water partition coefficient (Wildman–Crippen LogP) is 25.1. The van der Waals surface area contributed by atoms with Crippen LogP contribution in [0.3, 0.4) is 0 Å². The molecular weight excluding hydrogens is 2030 g/mol. The van der Waals surface area contributed by atoms with E-state index in [-0.39, 0.29) is 103 Å². The molecule has 5 aliphatic heterocycles. The van der Waals surface area contributed by atoms with Gasteiger partial charge >= 0.3 is 24.4 Å². The Kier molecular flexibility index (Phi) is 42.1. The first-order valence-electron chi connectivity index (χ1n) is 45.5. The van der Waals surface area contributed by atoms with Crippen molar-refractivity contribution in [2.75, 3.05) is 77.4 Å². The van der Waals surface area contributed by atoms with Crippen molar-refractivity contribution in [1.29, 1.82) is 5.41 Å². The number of aromatic nitrogens is 5. The van der Waals surface area contributed by atoms with Crippen LogP contribution in [0, 0.1) is 25.6 Å². The maximum absolute atomic E-state index is 12.3. The predicted molar refractivity (Wildman–Crippen MR) is 587 cm³/mol. The molecule has 140 heavy (non-hydrogen) atoms. The minimum atomic E-state index is -0.517. The molecule has 4 saturated heterocycles. The maximum atomic E-state index is 12.3. The van der Waals surface area contributed by atoms with Gasteiger partial charge in [-0.25, -0.2) is 29.2 Å². The number of thioether (sulfide) groups is 1. The zero-order valence-corrected chi connectivity index (χ0v) is 89.0. The van der Waals surface area contributed by atoms with Crippen LogP contribution in [-0.2, 0) is 23.7 Å². The number of nitrogens with two attached hydrogens (primary N) is 3. The van der Waals surface area contributed by atoms with E-state index >= 15 is 0 Å². The number of amidine groups is 2. The number of amides is 4. The van der Waals surface area contributed by atoms with Gasteiger partial charge in [0.2, 0.25) is 0 Å². The number of nitrogen functional groups attached to an aromatic ring is 1. The zero-order chi connectivity index (χ0) is 97.8. The number of carbonyl (C=O) groups excluding carboxylic acids is 5. The monoisotopic (exact) mass is 2160 g/mol. The van der Waals surface area contributed by atoms with Crippen LogP contribution in [0.1, 0.15) is 196 Å². The number of hydrogen-bond acceptors (Lipinski definition) is 22. The van der Waals surface area contributed by atoms with Crippen molar-refractivity contribution < 1.29 is 52.8 Å². The number of non-ortho nitro benzene ring substituents is 2. The number of nitrogens with zero attached hydrogens (tertiary/aromatic N) is 8. The summed E-state index contributed by atoms with van der Waals surface area (Å²) in [6, 6.07) is 41.6. The summed E-state index contributed by atoms with van der Waals surface area (Å²) in [7, 11) is 0. The fourth-order valence-corrected chi connectivity index (χ4v) is 18.6. The minimum absolute atomic E-state index is 0. The number of aromatic amines is 5. The van der Waals surface area contributed by atoms with Crippen molar-refractivity contribution in [2.24, 2.45) is 21.5 Å². The minimum Gasteiger partial charge on any atom is -0.444 e. The Balaban J connectivity index is 0.000000205. The Hall–Kier alpha value is -11.5. The van der Waals surface area contributed by atoms with Crippen LogP contribution in [0.15, 0.2) is 197 Å². The highest BCUT2D eigenvalue weighted by atomic mass is 127. The van der Waals surface area contributed by atoms with Crippen molar-refractivity contribution in [3.63, 3.8) is 0 Å². The Bertz CT molecular complexity index is 6390. The van der Waals surface area contributed by atoms with Gasteiger partial charge < -0.3 is 86.0 Å². The van der Waals surface area contributed by atoms with Crippen molar-refractivity contribution in [3.8, 4) is 0 Å². The number of benzene rings is 5. The topological polar surface area (TPSA) is 439 Å². The second kappa shape index (κ2) is 51.8. The number of Topliss-reactive ketones (excluding diaryl/α,β-unsaturated/α-hetero) is 1. The molecule has 39 heteroatoms. The largest absolute Gasteiger partial charge is 0.444 e. The molecule has 0 aliphatic carbocycles. The average molecular weight is 2160 g/mol. The second-order valence-corrected chi connectivity index (χ2v) is 41.2. The van der Waals surface area contributed by atoms with Crippen LogP contribution < -0.4 is 22.5 Å². The molecule has 8 aromatic heterocycles. The van der Waals surface area contributed by atoms with Crippen LogP contribution in [-0.4, -0.2) is 195 Å². The molecule has 0 spiro atoms. The number of halogens is 4. The lowest BCUT2D eigenvalue weighted by atomic mass is 9.89. The number of nitro benzene ring substituents is 2. The molecule has 13 N–H and O–H groups in total. The molecule has 0 atom stereocenters. The number of ether oxygens (including phenoxy) is 4. The highest BCUT2D eigenvalue weighted by Crippen LogP contribution is 2.40. The summed E-state index contributed by atoms with van der Waals surface area (Å²) in [4.78, 5) is 115. The molecule has 13 heterocycles. The number of likely N-dealkylation sites (tertiary alicyclic amines) is 3. The molecule has 18 rings (SSSR count). The summed E-state index contributed by atoms with van der Waals surface area (Å²) in [5.74, 6) is 2.81. The number of ketones is 1. The first-order valence-corrected chi connectivity index (χ1v) is 49.4. The van der Waals surface area contributed by atoms with E-state index in [1.54, 1.807) is 74.3 Å². The van der Waals surface area contributed by atoms with E-state index < -0.39 is 32.3 Å². The highest BCUT2D eigenvalue weighted by molar-refractivity contribution is 14.0. The van der Waals surface area contributed by atoms with Gasteiger partial charge in [-0.05, 0) is 295 Å². The van der Waals surface area contributed by atoms with Crippen molar-refractivity contribution in [1.82, 2.24) is 49.8 Å². The van der Waals surface area contributed by atoms with Crippen LogP contribution in [0.2, 0.25) is 0 Å². The van der Waals surface area contributed by atoms with Gasteiger partial charge in [-0.3, -0.25) is 30.4 Å². The zero-order valence-electron chi connectivity index (χ0n) is 80.9. The number of H-pyrrole nitrogens is 5. The summed E-state index contributed by atoms with van der Waals surface area (Å²) in [5, 5.41) is 44.2. The lowest BCUT2D eigenvalue weighted by Gasteiger charge is -2.33. The first kappa shape index (κ1) is 114. The van der Waals surface area contributed by atoms with Crippen LogP contribution >= 0.6 is 107 Å². The molecule has 5 aliphatic rings. The molecule has 0 bridgehead atoms. The molecule has 752 valence electrons. The Morgan fingerprint density at radius 2 is 0.843 bits per heavy atom. The van der Waals surface area contributed by atoms with E-state index in [4.69, 9.17) is 41.6 Å². The molecule has 0 unspecified atom stereocenters. The number of hydrogen-bond donors (Lipinski definition) is 10. The van der Waals surface area contributed by atoms with E-state index in [9.17, 15) is 44.2 Å². The summed E-state index contributed by atoms with van der Waals surface area (Å²) in [6.45, 7) is 29.5. The van der Waals surface area contributed by atoms with Crippen LogP contribution in [0.5, 0.6) is 0 Å². The summed E-state index contributed by atoms with van der Waals surface area (Å²) >= 11 is 6.28. The second-order valence-electron chi connectivity index (χ2n) is 37.6. The van der Waals surface area contributed by atoms with E-state index in [1.165, 1.54) is 75.1 Å². The Morgan fingerprint density at radius 3 is 1.26 bits per heavy atom. The third-order valence-electron chi connectivity index (χ3n) is 22.9. The third-order valence-corrected chi connectivity index (χ3v) is 26.3. The van der Waals surface area contributed by atoms with Gasteiger partial charge in [-0.1, -0.05) is 24.3 Å². The van der Waals surface area contributed by atoms with Gasteiger partial charge in [0.1, 0.15) is 44.9 Å². The fraction of sp³-hybridized carbons (Fsp3) is 0.386. The number of aliphatic imine (C=N–C) groups is 2. The molecule has 0 radical (unpaired) electrons. The summed E-state index contributed by atoms with van der Waals surface area (Å²) in [6.07, 6.45) is 20.5. The molecular formula is C101H128Cl3IN18O13S4. The van der Waals surface area contributed by atoms with Crippen molar-refractivity contribution in [2.45, 2.75) is 181 Å². The van der Waals surface area contributed by atoms with E-state index in [0.29, 0.717) is 93.0 Å². The summed E-state index contributed by atoms with van der Waals surface area (Å²) in [5.41, 5.74) is 30.2. The molecule has 13 aromatic rings. The van der Waals surface area contributed by atoms with Gasteiger partial charge in [0, 0.05) is 186 Å². The van der Waals surface area contributed by atoms with Crippen LogP contribution in [0.4, 0.5) is 47.6 Å². The standard InChI is InChI=1S/C23H28N4O2S.C18H20N4S.C18H21N3O4.C18H25N3O2.C10H17NO3.C8H6N2O2.C6H7NS2.3ClH.HI/c1-23(2,3)29-22(28)27-10-8-15(9-11-27)18-14-25-19-7-6-16(13-17(18)19)26-21(24)20-5-4-12-30-20;19-18(17-2-1-9-23-17)22-13-3-4-16-14(10-13)15(11-21-16)12-5-7-20-8-6-12;1-18(2,3)25-17(22)20-8-6-12(7-9-20)15-11-19-16-5-4-13(21(23)24)10-14(15)16;1-18(2,3)23-17(22)21-8-6-12(7-9-21)15-11-20-16-5-4-13(19)10-14(15)16;1-10(2,3)14-9(13)11-6-4-8(12)5-7-11;11-10(12)7-1-2-8-6(5-7)3-4-9-8;1-8-6(7)5-3-2-4-9-5;;;;/h4-7,12-15,25H,8-11H2,1-3H3,(H2,24,26);1-4,9-12,20-21H,5-8H2,(H2,19,22);4-6,10-11,19H,7-9H2,1-3H3;4-5,10-12,20H,6-9,19H2,1-3H3;4-7H2,1-3H3;1-5,9H;2-4,7H,1H3;4*1H. The Labute approximate surface area is 867 Å². The van der Waals surface area contributed by atoms with E-state index in [1.807, 2.05) is 200 Å². The smallest absolute Gasteiger partial charge is 0.410 e. The van der Waals surface area contributed by atoms with Gasteiger partial charge in [-0.2, -0.15) is 0 Å². The fourth-order valence-electron chi connectivity index (χ4n) is 16.2. The quantitative estimate of drug-likeness (QED) is 0.0109. The lowest BCUT2D eigenvalue weighted by molar-refractivity contribution is -0.384. The number of anilines is 1. The number of piperidine rings is 4.